The van der Waals surface area contributed by atoms with E-state index >= 15 is 0 Å². The van der Waals surface area contributed by atoms with Gasteiger partial charge in [-0.25, -0.2) is 0 Å². The van der Waals surface area contributed by atoms with E-state index in [2.05, 4.69) is 38.4 Å². The minimum Gasteiger partial charge on any atom is -0.317 e. The maximum Gasteiger partial charge on any atom is 0.0436 e. The Kier molecular flexibility index (Phi) is 2.96. The summed E-state index contributed by atoms with van der Waals surface area (Å²) in [4.78, 5) is 4.43. The highest BCUT2D eigenvalue weighted by Gasteiger charge is 2.15. The van der Waals surface area contributed by atoms with E-state index < -0.39 is 0 Å². The van der Waals surface area contributed by atoms with Crippen LogP contribution in [-0.4, -0.2) is 18.1 Å². The Morgan fingerprint density at radius 1 is 1.31 bits per heavy atom. The summed E-state index contributed by atoms with van der Waals surface area (Å²) in [6.45, 7) is 2.25. The maximum atomic E-state index is 4.43. The minimum absolute atomic E-state index is 0.661. The topological polar surface area (TPSA) is 24.9 Å². The molecule has 1 aromatic heterocycles. The average Bonchev–Trinajstić information content (AvgIpc) is 2.20. The molecule has 1 saturated heterocycles. The van der Waals surface area contributed by atoms with E-state index in [0.29, 0.717) is 5.92 Å². The molecule has 70 valence electrons. The molecule has 2 heterocycles. The number of hydrogen-bond donors (Lipinski definition) is 1. The number of nitrogens with zero attached hydrogens (tertiary/aromatic N) is 1. The summed E-state index contributed by atoms with van der Waals surface area (Å²) in [7, 11) is 0. The predicted octanol–water partition coefficient (Wildman–Crippen LogP) is 2.31. The third kappa shape index (κ3) is 2.29. The molecule has 0 aliphatic carbocycles. The molecule has 3 heteroatoms. The fourth-order valence-corrected chi connectivity index (χ4v) is 1.98. The lowest BCUT2D eigenvalue weighted by molar-refractivity contribution is 0.453. The predicted molar refractivity (Wildman–Crippen MR) is 56.8 cm³/mol. The summed E-state index contributed by atoms with van der Waals surface area (Å²) < 4.78 is 1.06. The van der Waals surface area contributed by atoms with Crippen LogP contribution in [0.2, 0.25) is 0 Å². The van der Waals surface area contributed by atoms with Gasteiger partial charge in [-0.15, -0.1) is 0 Å². The van der Waals surface area contributed by atoms with Crippen molar-refractivity contribution in [1.29, 1.82) is 0 Å². The highest BCUT2D eigenvalue weighted by molar-refractivity contribution is 9.10. The smallest absolute Gasteiger partial charge is 0.0436 e. The zero-order valence-electron chi connectivity index (χ0n) is 7.46. The molecular weight excluding hydrogens is 228 g/mol. The van der Waals surface area contributed by atoms with Crippen molar-refractivity contribution in [1.82, 2.24) is 10.3 Å². The Labute approximate surface area is 86.9 Å². The largest absolute Gasteiger partial charge is 0.317 e. The Hall–Kier alpha value is -0.410. The van der Waals surface area contributed by atoms with Gasteiger partial charge in [-0.05, 0) is 54.0 Å². The van der Waals surface area contributed by atoms with E-state index in [1.807, 2.05) is 6.20 Å². The third-order valence-electron chi connectivity index (χ3n) is 2.51. The summed E-state index contributed by atoms with van der Waals surface area (Å²) in [5.74, 6) is 0.661. The average molecular weight is 241 g/mol. The molecule has 1 fully saturated rings. The van der Waals surface area contributed by atoms with Gasteiger partial charge in [-0.2, -0.15) is 0 Å². The van der Waals surface area contributed by atoms with Crippen LogP contribution in [0.4, 0.5) is 0 Å². The Bertz CT molecular complexity index is 265. The fraction of sp³-hybridized carbons (Fsp3) is 0.500. The highest BCUT2D eigenvalue weighted by atomic mass is 79.9. The quantitative estimate of drug-likeness (QED) is 0.816. The maximum absolute atomic E-state index is 4.43. The highest BCUT2D eigenvalue weighted by Crippen LogP contribution is 2.23. The van der Waals surface area contributed by atoms with E-state index in [0.717, 1.165) is 17.6 Å². The molecule has 1 N–H and O–H groups in total. The van der Waals surface area contributed by atoms with E-state index in [1.165, 1.54) is 18.5 Å². The Morgan fingerprint density at radius 3 is 2.69 bits per heavy atom. The zero-order valence-corrected chi connectivity index (χ0v) is 9.05. The van der Waals surface area contributed by atoms with Gasteiger partial charge in [-0.3, -0.25) is 4.98 Å². The molecule has 2 rings (SSSR count). The monoisotopic (exact) mass is 240 g/mol. The van der Waals surface area contributed by atoms with Crippen LogP contribution >= 0.6 is 15.9 Å². The summed E-state index contributed by atoms with van der Waals surface area (Å²) in [6.07, 6.45) is 4.32. The van der Waals surface area contributed by atoms with Gasteiger partial charge in [0.25, 0.3) is 0 Å². The molecule has 0 amide bonds. The minimum atomic E-state index is 0.661. The summed E-state index contributed by atoms with van der Waals surface area (Å²) >= 11 is 3.39. The van der Waals surface area contributed by atoms with Gasteiger partial charge in [0.15, 0.2) is 0 Å². The van der Waals surface area contributed by atoms with Gasteiger partial charge in [0.1, 0.15) is 0 Å². The second-order valence-electron chi connectivity index (χ2n) is 3.43. The number of rotatable bonds is 1. The van der Waals surface area contributed by atoms with Gasteiger partial charge in [0.05, 0.1) is 0 Å². The molecule has 0 unspecified atom stereocenters. The molecule has 0 radical (unpaired) electrons. The van der Waals surface area contributed by atoms with Gasteiger partial charge in [0.2, 0.25) is 0 Å². The van der Waals surface area contributed by atoms with Crippen LogP contribution in [0.25, 0.3) is 0 Å². The standard InChI is InChI=1S/C10H13BrN2/c11-9-1-2-10(13-7-9)8-3-5-12-6-4-8/h1-2,7-8,12H,3-6H2. The van der Waals surface area contributed by atoms with Crippen molar-refractivity contribution >= 4 is 15.9 Å². The molecule has 0 saturated carbocycles. The van der Waals surface area contributed by atoms with Crippen LogP contribution in [0, 0.1) is 0 Å². The molecule has 1 aliphatic rings. The van der Waals surface area contributed by atoms with E-state index in [4.69, 9.17) is 0 Å². The van der Waals surface area contributed by atoms with Crippen molar-refractivity contribution < 1.29 is 0 Å². The van der Waals surface area contributed by atoms with Crippen molar-refractivity contribution in [2.24, 2.45) is 0 Å². The van der Waals surface area contributed by atoms with Crippen molar-refractivity contribution in [3.8, 4) is 0 Å². The van der Waals surface area contributed by atoms with E-state index in [-0.39, 0.29) is 0 Å². The molecular formula is C10H13BrN2. The molecule has 0 bridgehead atoms. The molecule has 0 aromatic carbocycles. The normalized spacial score (nSPS) is 18.8. The summed E-state index contributed by atoms with van der Waals surface area (Å²) in [6, 6.07) is 4.20. The van der Waals surface area contributed by atoms with Crippen LogP contribution < -0.4 is 5.32 Å². The lowest BCUT2D eigenvalue weighted by Crippen LogP contribution is -2.26. The number of piperidine rings is 1. The SMILES string of the molecule is Brc1ccc(C2CCNCC2)nc1. The lowest BCUT2D eigenvalue weighted by atomic mass is 9.94. The molecule has 1 aliphatic heterocycles. The molecule has 13 heavy (non-hydrogen) atoms. The van der Waals surface area contributed by atoms with Crippen molar-refractivity contribution in [3.63, 3.8) is 0 Å². The van der Waals surface area contributed by atoms with Crippen LogP contribution in [-0.2, 0) is 0 Å². The molecule has 2 nitrogen and oxygen atoms in total. The van der Waals surface area contributed by atoms with Gasteiger partial charge >= 0.3 is 0 Å². The third-order valence-corrected chi connectivity index (χ3v) is 2.98. The van der Waals surface area contributed by atoms with Gasteiger partial charge in [0, 0.05) is 22.3 Å². The van der Waals surface area contributed by atoms with Crippen LogP contribution in [0.5, 0.6) is 0 Å². The first-order chi connectivity index (χ1) is 6.36. The van der Waals surface area contributed by atoms with Gasteiger partial charge in [-0.1, -0.05) is 0 Å². The number of nitrogens with one attached hydrogen (secondary N) is 1. The lowest BCUT2D eigenvalue weighted by Gasteiger charge is -2.21. The van der Waals surface area contributed by atoms with Crippen LogP contribution in [0.3, 0.4) is 0 Å². The van der Waals surface area contributed by atoms with Crippen molar-refractivity contribution in [3.05, 3.63) is 28.5 Å². The first-order valence-corrected chi connectivity index (χ1v) is 5.48. The molecule has 0 atom stereocenters. The first kappa shape index (κ1) is 9.16. The summed E-state index contributed by atoms with van der Waals surface area (Å²) in [5, 5.41) is 3.36. The fourth-order valence-electron chi connectivity index (χ4n) is 1.75. The van der Waals surface area contributed by atoms with E-state index in [1.54, 1.807) is 0 Å². The summed E-state index contributed by atoms with van der Waals surface area (Å²) in [5.41, 5.74) is 1.24. The van der Waals surface area contributed by atoms with Crippen molar-refractivity contribution in [2.75, 3.05) is 13.1 Å². The van der Waals surface area contributed by atoms with Crippen LogP contribution in [0.1, 0.15) is 24.5 Å². The number of halogens is 1. The molecule has 0 spiro atoms. The number of hydrogen-bond acceptors (Lipinski definition) is 2. The Morgan fingerprint density at radius 2 is 2.08 bits per heavy atom. The second kappa shape index (κ2) is 4.20. The Balaban J connectivity index is 2.10. The number of pyridine rings is 1. The zero-order chi connectivity index (χ0) is 9.10. The number of aromatic nitrogens is 1. The van der Waals surface area contributed by atoms with Crippen LogP contribution in [0.15, 0.2) is 22.8 Å². The first-order valence-electron chi connectivity index (χ1n) is 4.68. The second-order valence-corrected chi connectivity index (χ2v) is 4.34. The van der Waals surface area contributed by atoms with E-state index in [9.17, 15) is 0 Å². The molecule has 1 aromatic rings. The van der Waals surface area contributed by atoms with Gasteiger partial charge < -0.3 is 5.32 Å². The van der Waals surface area contributed by atoms with Crippen molar-refractivity contribution in [2.45, 2.75) is 18.8 Å².